The number of nitrogens with one attached hydrogen (secondary N) is 1. The molecule has 2 nitrogen and oxygen atoms in total. The van der Waals surface area contributed by atoms with E-state index in [1.54, 1.807) is 6.20 Å². The van der Waals surface area contributed by atoms with Crippen LogP contribution in [-0.4, -0.2) is 0 Å². The van der Waals surface area contributed by atoms with Crippen LogP contribution in [-0.2, 0) is 0 Å². The molecule has 1 rings (SSSR count). The summed E-state index contributed by atoms with van der Waals surface area (Å²) in [4.78, 5) is 0. The van der Waals surface area contributed by atoms with Gasteiger partial charge >= 0.3 is 0 Å². The van der Waals surface area contributed by atoms with Gasteiger partial charge in [0.2, 0.25) is 0 Å². The minimum Gasteiger partial charge on any atom is -0.403 e. The number of hydrogen-bond donors (Lipinski definition) is 2. The topological polar surface area (TPSA) is 38.0 Å². The molecule has 0 heterocycles. The summed E-state index contributed by atoms with van der Waals surface area (Å²) in [6, 6.07) is 9.84. The SMILES string of the molecule is NC=CNc1ccccc1. The Labute approximate surface area is 60.4 Å². The predicted octanol–water partition coefficient (Wildman–Crippen LogP) is 1.53. The lowest BCUT2D eigenvalue weighted by atomic mass is 10.3. The summed E-state index contributed by atoms with van der Waals surface area (Å²) >= 11 is 0. The summed E-state index contributed by atoms with van der Waals surface area (Å²) in [5.74, 6) is 0. The second kappa shape index (κ2) is 3.56. The monoisotopic (exact) mass is 134 g/mol. The van der Waals surface area contributed by atoms with Gasteiger partial charge in [-0.1, -0.05) is 18.2 Å². The summed E-state index contributed by atoms with van der Waals surface area (Å²) < 4.78 is 0. The van der Waals surface area contributed by atoms with Crippen LogP contribution >= 0.6 is 0 Å². The third kappa shape index (κ3) is 1.82. The molecule has 0 aliphatic rings. The fourth-order valence-corrected chi connectivity index (χ4v) is 0.679. The van der Waals surface area contributed by atoms with Crippen molar-refractivity contribution in [3.63, 3.8) is 0 Å². The molecule has 0 aliphatic carbocycles. The molecular weight excluding hydrogens is 124 g/mol. The molecule has 52 valence electrons. The van der Waals surface area contributed by atoms with E-state index in [0.29, 0.717) is 0 Å². The molecule has 1 aromatic rings. The summed E-state index contributed by atoms with van der Waals surface area (Å²) in [5.41, 5.74) is 6.18. The summed E-state index contributed by atoms with van der Waals surface area (Å²) in [6.45, 7) is 0. The molecule has 3 N–H and O–H groups in total. The van der Waals surface area contributed by atoms with E-state index in [9.17, 15) is 0 Å². The van der Waals surface area contributed by atoms with Crippen molar-refractivity contribution < 1.29 is 0 Å². The maximum Gasteiger partial charge on any atom is 0.0380 e. The molecule has 0 saturated heterocycles. The van der Waals surface area contributed by atoms with Crippen LogP contribution in [0.3, 0.4) is 0 Å². The second-order valence-electron chi connectivity index (χ2n) is 1.87. The number of anilines is 1. The third-order valence-corrected chi connectivity index (χ3v) is 1.12. The summed E-state index contributed by atoms with van der Waals surface area (Å²) in [6.07, 6.45) is 3.16. The van der Waals surface area contributed by atoms with E-state index in [-0.39, 0.29) is 0 Å². The van der Waals surface area contributed by atoms with E-state index in [1.165, 1.54) is 6.20 Å². The van der Waals surface area contributed by atoms with Gasteiger partial charge < -0.3 is 11.1 Å². The molecule has 0 saturated carbocycles. The van der Waals surface area contributed by atoms with Gasteiger partial charge in [0.15, 0.2) is 0 Å². The van der Waals surface area contributed by atoms with E-state index >= 15 is 0 Å². The Kier molecular flexibility index (Phi) is 2.38. The molecule has 0 aliphatic heterocycles. The van der Waals surface area contributed by atoms with Crippen LogP contribution in [0, 0.1) is 0 Å². The van der Waals surface area contributed by atoms with Gasteiger partial charge in [-0.25, -0.2) is 0 Å². The molecule has 0 spiro atoms. The van der Waals surface area contributed by atoms with Crippen LogP contribution in [0.5, 0.6) is 0 Å². The van der Waals surface area contributed by atoms with Gasteiger partial charge in [0, 0.05) is 18.1 Å². The van der Waals surface area contributed by atoms with Gasteiger partial charge in [-0.05, 0) is 12.1 Å². The van der Waals surface area contributed by atoms with Crippen molar-refractivity contribution in [2.45, 2.75) is 0 Å². The summed E-state index contributed by atoms with van der Waals surface area (Å²) in [5, 5.41) is 2.99. The van der Waals surface area contributed by atoms with Crippen LogP contribution < -0.4 is 11.1 Å². The smallest absolute Gasteiger partial charge is 0.0380 e. The van der Waals surface area contributed by atoms with Crippen molar-refractivity contribution in [2.75, 3.05) is 5.32 Å². The third-order valence-electron chi connectivity index (χ3n) is 1.12. The zero-order valence-corrected chi connectivity index (χ0v) is 5.62. The first kappa shape index (κ1) is 6.68. The number of nitrogens with two attached hydrogens (primary N) is 1. The predicted molar refractivity (Wildman–Crippen MR) is 43.4 cm³/mol. The van der Waals surface area contributed by atoms with E-state index in [1.807, 2.05) is 30.3 Å². The fourth-order valence-electron chi connectivity index (χ4n) is 0.679. The van der Waals surface area contributed by atoms with Crippen LogP contribution in [0.4, 0.5) is 5.69 Å². The second-order valence-corrected chi connectivity index (χ2v) is 1.87. The van der Waals surface area contributed by atoms with Crippen molar-refractivity contribution in [2.24, 2.45) is 5.73 Å². The molecule has 1 aromatic carbocycles. The highest BCUT2D eigenvalue weighted by atomic mass is 14.8. The van der Waals surface area contributed by atoms with Crippen molar-refractivity contribution in [1.82, 2.24) is 0 Å². The van der Waals surface area contributed by atoms with Crippen LogP contribution in [0.2, 0.25) is 0 Å². The Morgan fingerprint density at radius 2 is 1.90 bits per heavy atom. The van der Waals surface area contributed by atoms with Gasteiger partial charge in [-0.3, -0.25) is 0 Å². The standard InChI is InChI=1S/C8H10N2/c9-6-7-10-8-4-2-1-3-5-8/h1-7,10H,9H2. The first-order valence-corrected chi connectivity index (χ1v) is 3.12. The molecule has 0 unspecified atom stereocenters. The summed E-state index contributed by atoms with van der Waals surface area (Å²) in [7, 11) is 0. The number of para-hydroxylation sites is 1. The molecule has 2 heteroatoms. The molecule has 0 atom stereocenters. The maximum absolute atomic E-state index is 5.13. The average molecular weight is 134 g/mol. The molecular formula is C8H10N2. The highest BCUT2D eigenvalue weighted by molar-refractivity contribution is 5.44. The van der Waals surface area contributed by atoms with Crippen molar-refractivity contribution in [3.8, 4) is 0 Å². The van der Waals surface area contributed by atoms with Gasteiger partial charge in [-0.2, -0.15) is 0 Å². The highest BCUT2D eigenvalue weighted by Crippen LogP contribution is 2.03. The molecule has 10 heavy (non-hydrogen) atoms. The van der Waals surface area contributed by atoms with E-state index < -0.39 is 0 Å². The minimum atomic E-state index is 1.05. The Morgan fingerprint density at radius 1 is 1.20 bits per heavy atom. The first-order valence-electron chi connectivity index (χ1n) is 3.12. The lowest BCUT2D eigenvalue weighted by Gasteiger charge is -1.96. The zero-order valence-electron chi connectivity index (χ0n) is 5.62. The molecule has 0 amide bonds. The molecule has 0 fully saturated rings. The van der Waals surface area contributed by atoms with Crippen LogP contribution in [0.1, 0.15) is 0 Å². The number of rotatable bonds is 2. The lowest BCUT2D eigenvalue weighted by Crippen LogP contribution is -1.88. The Bertz CT molecular complexity index is 204. The quantitative estimate of drug-likeness (QED) is 0.643. The minimum absolute atomic E-state index is 1.05. The average Bonchev–Trinajstić information content (AvgIpc) is 2.03. The number of benzene rings is 1. The van der Waals surface area contributed by atoms with Crippen molar-refractivity contribution in [1.29, 1.82) is 0 Å². The maximum atomic E-state index is 5.13. The van der Waals surface area contributed by atoms with Gasteiger partial charge in [0.1, 0.15) is 0 Å². The Morgan fingerprint density at radius 3 is 2.50 bits per heavy atom. The fraction of sp³-hybridized carbons (Fsp3) is 0. The zero-order chi connectivity index (χ0) is 7.23. The van der Waals surface area contributed by atoms with Crippen molar-refractivity contribution in [3.05, 3.63) is 42.7 Å². The largest absolute Gasteiger partial charge is 0.403 e. The Balaban J connectivity index is 2.59. The molecule has 0 aromatic heterocycles. The molecule has 0 radical (unpaired) electrons. The van der Waals surface area contributed by atoms with Gasteiger partial charge in [-0.15, -0.1) is 0 Å². The molecule has 0 bridgehead atoms. The highest BCUT2D eigenvalue weighted by Gasteiger charge is 1.80. The van der Waals surface area contributed by atoms with Gasteiger partial charge in [0.25, 0.3) is 0 Å². The van der Waals surface area contributed by atoms with E-state index in [0.717, 1.165) is 5.69 Å². The lowest BCUT2D eigenvalue weighted by molar-refractivity contribution is 1.52. The van der Waals surface area contributed by atoms with Crippen LogP contribution in [0.15, 0.2) is 42.7 Å². The van der Waals surface area contributed by atoms with E-state index in [2.05, 4.69) is 5.32 Å². The van der Waals surface area contributed by atoms with Crippen LogP contribution in [0.25, 0.3) is 0 Å². The first-order chi connectivity index (χ1) is 4.93. The normalized spacial score (nSPS) is 10.0. The van der Waals surface area contributed by atoms with Crippen molar-refractivity contribution >= 4 is 5.69 Å². The van der Waals surface area contributed by atoms with E-state index in [4.69, 9.17) is 5.73 Å². The number of hydrogen-bond acceptors (Lipinski definition) is 2. The van der Waals surface area contributed by atoms with Gasteiger partial charge in [0.05, 0.1) is 0 Å². The Hall–Kier alpha value is -1.44.